The quantitative estimate of drug-likeness (QED) is 0.707. The maximum atomic E-state index is 10.0. The second-order valence-corrected chi connectivity index (χ2v) is 5.04. The number of unbranched alkanes of at least 4 members (excludes halogenated alkanes) is 2. The molecular formula is C13H27NO2. The van der Waals surface area contributed by atoms with Crippen LogP contribution in [0.4, 0.5) is 0 Å². The van der Waals surface area contributed by atoms with E-state index in [4.69, 9.17) is 4.74 Å². The molecule has 1 aliphatic heterocycles. The lowest BCUT2D eigenvalue weighted by molar-refractivity contribution is -0.0702. The fraction of sp³-hybridized carbons (Fsp3) is 1.00. The Morgan fingerprint density at radius 3 is 2.69 bits per heavy atom. The second kappa shape index (κ2) is 7.25. The molecule has 2 atom stereocenters. The molecule has 0 saturated carbocycles. The number of hydrogen-bond donors (Lipinski definition) is 1. The Hall–Kier alpha value is -0.120. The molecule has 1 heterocycles. The highest BCUT2D eigenvalue weighted by atomic mass is 16.5. The van der Waals surface area contributed by atoms with E-state index in [2.05, 4.69) is 25.7 Å². The van der Waals surface area contributed by atoms with Gasteiger partial charge < -0.3 is 9.84 Å². The Morgan fingerprint density at radius 2 is 2.12 bits per heavy atom. The van der Waals surface area contributed by atoms with Crippen LogP contribution in [-0.4, -0.2) is 48.0 Å². The molecule has 3 nitrogen and oxygen atoms in total. The molecule has 1 saturated heterocycles. The third-order valence-corrected chi connectivity index (χ3v) is 3.40. The van der Waals surface area contributed by atoms with Crippen LogP contribution in [0.2, 0.25) is 0 Å². The highest BCUT2D eigenvalue weighted by Gasteiger charge is 2.30. The van der Waals surface area contributed by atoms with Gasteiger partial charge in [-0.1, -0.05) is 19.8 Å². The molecule has 16 heavy (non-hydrogen) atoms. The van der Waals surface area contributed by atoms with Crippen molar-refractivity contribution >= 4 is 0 Å². The fourth-order valence-electron chi connectivity index (χ4n) is 2.38. The van der Waals surface area contributed by atoms with E-state index in [0.29, 0.717) is 19.3 Å². The lowest BCUT2D eigenvalue weighted by atomic mass is 10.0. The van der Waals surface area contributed by atoms with Gasteiger partial charge in [0.2, 0.25) is 0 Å². The summed E-state index contributed by atoms with van der Waals surface area (Å²) in [5.41, 5.74) is 0. The molecular weight excluding hydrogens is 202 g/mol. The van der Waals surface area contributed by atoms with E-state index in [-0.39, 0.29) is 12.1 Å². The molecule has 0 bridgehead atoms. The first-order valence-electron chi connectivity index (χ1n) is 6.68. The summed E-state index contributed by atoms with van der Waals surface area (Å²) in [5, 5.41) is 10.0. The maximum absolute atomic E-state index is 10.0. The van der Waals surface area contributed by atoms with Crippen molar-refractivity contribution in [3.63, 3.8) is 0 Å². The Balaban J connectivity index is 2.47. The molecule has 0 aromatic heterocycles. The fourth-order valence-corrected chi connectivity index (χ4v) is 2.38. The molecule has 0 amide bonds. The molecule has 3 heteroatoms. The van der Waals surface area contributed by atoms with Gasteiger partial charge >= 0.3 is 0 Å². The zero-order valence-corrected chi connectivity index (χ0v) is 11.0. The average Bonchev–Trinajstić information content (AvgIpc) is 2.25. The molecule has 0 aliphatic carbocycles. The summed E-state index contributed by atoms with van der Waals surface area (Å²) in [6.45, 7) is 9.10. The Morgan fingerprint density at radius 1 is 1.38 bits per heavy atom. The van der Waals surface area contributed by atoms with E-state index in [1.54, 1.807) is 0 Å². The molecule has 0 spiro atoms. The van der Waals surface area contributed by atoms with Crippen molar-refractivity contribution in [2.75, 3.05) is 19.8 Å². The van der Waals surface area contributed by atoms with E-state index in [9.17, 15) is 5.11 Å². The largest absolute Gasteiger partial charge is 0.391 e. The van der Waals surface area contributed by atoms with Gasteiger partial charge in [0.25, 0.3) is 0 Å². The molecule has 0 radical (unpaired) electrons. The number of rotatable bonds is 6. The van der Waals surface area contributed by atoms with Crippen molar-refractivity contribution in [2.45, 2.75) is 64.6 Å². The van der Waals surface area contributed by atoms with Crippen LogP contribution in [0.15, 0.2) is 0 Å². The first-order valence-corrected chi connectivity index (χ1v) is 6.68. The van der Waals surface area contributed by atoms with Gasteiger partial charge in [-0.3, -0.25) is 4.90 Å². The van der Waals surface area contributed by atoms with Gasteiger partial charge in [0.1, 0.15) is 0 Å². The minimum atomic E-state index is -0.210. The molecule has 1 rings (SSSR count). The zero-order chi connectivity index (χ0) is 12.0. The van der Waals surface area contributed by atoms with Crippen LogP contribution in [-0.2, 0) is 4.74 Å². The number of hydrogen-bond acceptors (Lipinski definition) is 3. The minimum Gasteiger partial charge on any atom is -0.391 e. The lowest BCUT2D eigenvalue weighted by Gasteiger charge is -2.40. The Labute approximate surface area is 99.8 Å². The third-order valence-electron chi connectivity index (χ3n) is 3.40. The molecule has 1 fully saturated rings. The van der Waals surface area contributed by atoms with E-state index < -0.39 is 0 Å². The average molecular weight is 229 g/mol. The second-order valence-electron chi connectivity index (χ2n) is 5.04. The first kappa shape index (κ1) is 13.9. The van der Waals surface area contributed by atoms with E-state index in [1.807, 2.05) is 0 Å². The highest BCUT2D eigenvalue weighted by molar-refractivity contribution is 4.83. The smallest absolute Gasteiger partial charge is 0.0739 e. The summed E-state index contributed by atoms with van der Waals surface area (Å²) in [4.78, 5) is 2.40. The zero-order valence-electron chi connectivity index (χ0n) is 11.0. The van der Waals surface area contributed by atoms with Gasteiger partial charge in [0.15, 0.2) is 0 Å². The Bertz CT molecular complexity index is 185. The Kier molecular flexibility index (Phi) is 6.32. The van der Waals surface area contributed by atoms with Gasteiger partial charge in [-0.25, -0.2) is 0 Å². The minimum absolute atomic E-state index is 0.200. The molecule has 1 N–H and O–H groups in total. The predicted octanol–water partition coefficient (Wildman–Crippen LogP) is 2.04. The van der Waals surface area contributed by atoms with Crippen molar-refractivity contribution in [2.24, 2.45) is 0 Å². The number of nitrogens with zero attached hydrogens (tertiary/aromatic N) is 1. The molecule has 0 aromatic carbocycles. The normalized spacial score (nSPS) is 26.6. The van der Waals surface area contributed by atoms with Crippen molar-refractivity contribution in [1.29, 1.82) is 0 Å². The summed E-state index contributed by atoms with van der Waals surface area (Å²) < 4.78 is 5.49. The standard InChI is InChI=1S/C13H27NO2/c1-4-5-6-8-14(11(2)3)12-10-16-9-7-13(12)15/h11-13,15H,4-10H2,1-3H3. The van der Waals surface area contributed by atoms with E-state index in [0.717, 1.165) is 13.0 Å². The summed E-state index contributed by atoms with van der Waals surface area (Å²) in [7, 11) is 0. The van der Waals surface area contributed by atoms with Crippen LogP contribution < -0.4 is 0 Å². The monoisotopic (exact) mass is 229 g/mol. The van der Waals surface area contributed by atoms with Gasteiger partial charge in [-0.05, 0) is 33.2 Å². The summed E-state index contributed by atoms with van der Waals surface area (Å²) >= 11 is 0. The molecule has 2 unspecified atom stereocenters. The van der Waals surface area contributed by atoms with Crippen LogP contribution in [0.3, 0.4) is 0 Å². The first-order chi connectivity index (χ1) is 7.66. The predicted molar refractivity (Wildman–Crippen MR) is 66.6 cm³/mol. The van der Waals surface area contributed by atoms with Gasteiger partial charge in [-0.2, -0.15) is 0 Å². The summed E-state index contributed by atoms with van der Waals surface area (Å²) in [6, 6.07) is 0.684. The van der Waals surface area contributed by atoms with Crippen molar-refractivity contribution < 1.29 is 9.84 Å². The third kappa shape index (κ3) is 4.04. The van der Waals surface area contributed by atoms with Gasteiger partial charge in [0.05, 0.1) is 18.8 Å². The van der Waals surface area contributed by atoms with Crippen LogP contribution >= 0.6 is 0 Å². The SMILES string of the molecule is CCCCCN(C(C)C)C1COCCC1O. The van der Waals surface area contributed by atoms with Crippen molar-refractivity contribution in [1.82, 2.24) is 4.90 Å². The van der Waals surface area contributed by atoms with Crippen molar-refractivity contribution in [3.05, 3.63) is 0 Å². The van der Waals surface area contributed by atoms with Crippen LogP contribution in [0.5, 0.6) is 0 Å². The van der Waals surface area contributed by atoms with Gasteiger partial charge in [0, 0.05) is 12.6 Å². The molecule has 0 aromatic rings. The van der Waals surface area contributed by atoms with Crippen LogP contribution in [0, 0.1) is 0 Å². The van der Waals surface area contributed by atoms with E-state index in [1.165, 1.54) is 19.3 Å². The number of aliphatic hydroxyl groups is 1. The van der Waals surface area contributed by atoms with E-state index >= 15 is 0 Å². The molecule has 96 valence electrons. The summed E-state index contributed by atoms with van der Waals surface area (Å²) in [5.74, 6) is 0. The van der Waals surface area contributed by atoms with Crippen LogP contribution in [0.25, 0.3) is 0 Å². The number of aliphatic hydroxyl groups excluding tert-OH is 1. The van der Waals surface area contributed by atoms with Gasteiger partial charge in [-0.15, -0.1) is 0 Å². The number of ether oxygens (including phenoxy) is 1. The maximum Gasteiger partial charge on any atom is 0.0739 e. The van der Waals surface area contributed by atoms with Crippen molar-refractivity contribution in [3.8, 4) is 0 Å². The topological polar surface area (TPSA) is 32.7 Å². The van der Waals surface area contributed by atoms with Crippen LogP contribution in [0.1, 0.15) is 46.5 Å². The molecule has 1 aliphatic rings. The highest BCUT2D eigenvalue weighted by Crippen LogP contribution is 2.17. The summed E-state index contributed by atoms with van der Waals surface area (Å²) in [6.07, 6.45) is 4.31. The lowest BCUT2D eigenvalue weighted by Crippen LogP contribution is -2.52.